The Morgan fingerprint density at radius 3 is 2.53 bits per heavy atom. The number of carbonyl (C=O) groups excluding carboxylic acids is 1. The Balaban J connectivity index is 2.23. The molecule has 1 amide bonds. The summed E-state index contributed by atoms with van der Waals surface area (Å²) in [5.74, 6) is 0.477. The van der Waals surface area contributed by atoms with Crippen molar-refractivity contribution in [3.8, 4) is 0 Å². The molecular weight excluding hydrogens is 208 g/mol. The summed E-state index contributed by atoms with van der Waals surface area (Å²) in [6.07, 6.45) is 5.30. The van der Waals surface area contributed by atoms with Gasteiger partial charge >= 0.3 is 0 Å². The molecule has 0 aromatic carbocycles. The molecule has 1 atom stereocenters. The minimum Gasteiger partial charge on any atom is -0.353 e. The monoisotopic (exact) mass is 230 g/mol. The molecule has 0 aromatic heterocycles. The van der Waals surface area contributed by atoms with Crippen LogP contribution in [0.3, 0.4) is 0 Å². The molecule has 1 fully saturated rings. The van der Waals surface area contributed by atoms with E-state index < -0.39 is 0 Å². The maximum Gasteiger partial charge on any atom is 0.236 e. The Hall–Kier alpha value is -0.220. The van der Waals surface area contributed by atoms with Gasteiger partial charge in [0.05, 0.1) is 6.04 Å². The number of nitrogens with one attached hydrogen (secondary N) is 1. The first kappa shape index (κ1) is 12.8. The summed E-state index contributed by atoms with van der Waals surface area (Å²) in [5, 5.41) is 2.96. The maximum absolute atomic E-state index is 11.6. The molecule has 1 aliphatic carbocycles. The first-order valence-electron chi connectivity index (χ1n) is 5.57. The molecule has 0 unspecified atom stereocenters. The molecule has 0 heterocycles. The Bertz CT molecular complexity index is 227. The lowest BCUT2D eigenvalue weighted by Gasteiger charge is -2.17. The van der Waals surface area contributed by atoms with Crippen LogP contribution < -0.4 is 11.1 Å². The van der Waals surface area contributed by atoms with Crippen molar-refractivity contribution in [2.24, 2.45) is 11.7 Å². The first-order valence-corrected chi connectivity index (χ1v) is 6.80. The van der Waals surface area contributed by atoms with E-state index in [0.717, 1.165) is 13.0 Å². The zero-order valence-corrected chi connectivity index (χ0v) is 10.7. The molecule has 4 heteroatoms. The highest BCUT2D eigenvalue weighted by atomic mass is 32.2. The predicted molar refractivity (Wildman–Crippen MR) is 65.9 cm³/mol. The van der Waals surface area contributed by atoms with Gasteiger partial charge in [-0.3, -0.25) is 4.79 Å². The van der Waals surface area contributed by atoms with Crippen molar-refractivity contribution in [1.82, 2.24) is 5.32 Å². The van der Waals surface area contributed by atoms with Crippen molar-refractivity contribution in [3.63, 3.8) is 0 Å². The summed E-state index contributed by atoms with van der Waals surface area (Å²) in [7, 11) is 0. The van der Waals surface area contributed by atoms with Gasteiger partial charge in [0, 0.05) is 11.3 Å². The van der Waals surface area contributed by atoms with Gasteiger partial charge in [-0.15, -0.1) is 0 Å². The van der Waals surface area contributed by atoms with Crippen LogP contribution in [0.5, 0.6) is 0 Å². The van der Waals surface area contributed by atoms with E-state index in [4.69, 9.17) is 5.73 Å². The van der Waals surface area contributed by atoms with Crippen molar-refractivity contribution in [2.75, 3.05) is 12.8 Å². The van der Waals surface area contributed by atoms with Crippen LogP contribution in [0.4, 0.5) is 0 Å². The average Bonchev–Trinajstić information content (AvgIpc) is 2.94. The van der Waals surface area contributed by atoms with E-state index in [-0.39, 0.29) is 11.9 Å². The number of hydrogen-bond donors (Lipinski definition) is 2. The van der Waals surface area contributed by atoms with Crippen LogP contribution in [0, 0.1) is 5.92 Å². The molecule has 1 aliphatic rings. The lowest BCUT2D eigenvalue weighted by Crippen LogP contribution is -2.44. The highest BCUT2D eigenvalue weighted by Crippen LogP contribution is 2.46. The van der Waals surface area contributed by atoms with Crippen LogP contribution in [0.1, 0.15) is 33.1 Å². The summed E-state index contributed by atoms with van der Waals surface area (Å²) < 4.78 is 0.327. The SMILES string of the molecule is CSC1(CNC(=O)[C@H](N)CC(C)C)CC1. The number of rotatable bonds is 6. The van der Waals surface area contributed by atoms with Gasteiger partial charge in [-0.05, 0) is 31.4 Å². The molecule has 0 bridgehead atoms. The molecule has 0 aromatic rings. The van der Waals surface area contributed by atoms with E-state index in [9.17, 15) is 4.79 Å². The molecule has 3 N–H and O–H groups in total. The highest BCUT2D eigenvalue weighted by molar-refractivity contribution is 8.00. The number of nitrogens with two attached hydrogens (primary N) is 1. The van der Waals surface area contributed by atoms with Crippen molar-refractivity contribution >= 4 is 17.7 Å². The molecule has 0 radical (unpaired) electrons. The van der Waals surface area contributed by atoms with E-state index in [2.05, 4.69) is 25.4 Å². The topological polar surface area (TPSA) is 55.1 Å². The Morgan fingerprint density at radius 1 is 1.53 bits per heavy atom. The van der Waals surface area contributed by atoms with Crippen molar-refractivity contribution < 1.29 is 4.79 Å². The summed E-state index contributed by atoms with van der Waals surface area (Å²) >= 11 is 1.85. The smallest absolute Gasteiger partial charge is 0.236 e. The minimum atomic E-state index is -0.345. The van der Waals surface area contributed by atoms with Gasteiger partial charge in [0.25, 0.3) is 0 Å². The summed E-state index contributed by atoms with van der Waals surface area (Å²) in [6.45, 7) is 4.94. The number of hydrogen-bond acceptors (Lipinski definition) is 3. The first-order chi connectivity index (χ1) is 6.99. The largest absolute Gasteiger partial charge is 0.353 e. The van der Waals surface area contributed by atoms with Crippen LogP contribution >= 0.6 is 11.8 Å². The number of amides is 1. The van der Waals surface area contributed by atoms with E-state index in [1.165, 1.54) is 12.8 Å². The van der Waals surface area contributed by atoms with Crippen molar-refractivity contribution in [3.05, 3.63) is 0 Å². The van der Waals surface area contributed by atoms with E-state index in [1.807, 2.05) is 11.8 Å². The third-order valence-corrected chi connectivity index (χ3v) is 4.31. The normalized spacial score (nSPS) is 20.1. The average molecular weight is 230 g/mol. The zero-order chi connectivity index (χ0) is 11.5. The standard InChI is InChI=1S/C11H22N2OS/c1-8(2)6-9(12)10(14)13-7-11(15-3)4-5-11/h8-9H,4-7,12H2,1-3H3,(H,13,14)/t9-/m1/s1. The van der Waals surface area contributed by atoms with Crippen LogP contribution in [0.15, 0.2) is 0 Å². The summed E-state index contributed by atoms with van der Waals surface area (Å²) in [5.41, 5.74) is 5.79. The van der Waals surface area contributed by atoms with Gasteiger partial charge in [0.1, 0.15) is 0 Å². The van der Waals surface area contributed by atoms with E-state index >= 15 is 0 Å². The van der Waals surface area contributed by atoms with Gasteiger partial charge in [0.2, 0.25) is 5.91 Å². The van der Waals surface area contributed by atoms with Gasteiger partial charge in [-0.25, -0.2) is 0 Å². The lowest BCUT2D eigenvalue weighted by molar-refractivity contribution is -0.122. The minimum absolute atomic E-state index is 0.00373. The molecule has 1 rings (SSSR count). The molecule has 0 saturated heterocycles. The quantitative estimate of drug-likeness (QED) is 0.724. The van der Waals surface area contributed by atoms with Crippen molar-refractivity contribution in [1.29, 1.82) is 0 Å². The fourth-order valence-electron chi connectivity index (χ4n) is 1.59. The van der Waals surface area contributed by atoms with Gasteiger partial charge in [0.15, 0.2) is 0 Å². The van der Waals surface area contributed by atoms with Crippen LogP contribution in [-0.2, 0) is 4.79 Å². The number of thioether (sulfide) groups is 1. The molecule has 15 heavy (non-hydrogen) atoms. The Kier molecular flexibility index (Phi) is 4.46. The molecular formula is C11H22N2OS. The fraction of sp³-hybridized carbons (Fsp3) is 0.909. The second kappa shape index (κ2) is 5.21. The summed E-state index contributed by atoms with van der Waals surface area (Å²) in [4.78, 5) is 11.6. The maximum atomic E-state index is 11.6. The third kappa shape index (κ3) is 4.03. The molecule has 1 saturated carbocycles. The predicted octanol–water partition coefficient (Wildman–Crippen LogP) is 1.37. The number of carbonyl (C=O) groups is 1. The van der Waals surface area contributed by atoms with Gasteiger partial charge in [-0.2, -0.15) is 11.8 Å². The second-order valence-corrected chi connectivity index (χ2v) is 6.12. The van der Waals surface area contributed by atoms with Crippen molar-refractivity contribution in [2.45, 2.75) is 43.9 Å². The zero-order valence-electron chi connectivity index (χ0n) is 9.88. The molecule has 0 spiro atoms. The molecule has 0 aliphatic heterocycles. The van der Waals surface area contributed by atoms with Gasteiger partial charge in [-0.1, -0.05) is 13.8 Å². The lowest BCUT2D eigenvalue weighted by atomic mass is 10.0. The highest BCUT2D eigenvalue weighted by Gasteiger charge is 2.42. The Morgan fingerprint density at radius 2 is 2.13 bits per heavy atom. The van der Waals surface area contributed by atoms with Crippen LogP contribution in [-0.4, -0.2) is 29.5 Å². The van der Waals surface area contributed by atoms with Crippen LogP contribution in [0.25, 0.3) is 0 Å². The van der Waals surface area contributed by atoms with E-state index in [0.29, 0.717) is 10.7 Å². The van der Waals surface area contributed by atoms with E-state index in [1.54, 1.807) is 0 Å². The fourth-order valence-corrected chi connectivity index (χ4v) is 2.31. The molecule has 3 nitrogen and oxygen atoms in total. The molecule has 88 valence electrons. The summed E-state index contributed by atoms with van der Waals surface area (Å²) in [6, 6.07) is -0.345. The Labute approximate surface area is 96.6 Å². The van der Waals surface area contributed by atoms with Gasteiger partial charge < -0.3 is 11.1 Å². The second-order valence-electron chi connectivity index (χ2n) is 4.84. The third-order valence-electron chi connectivity index (χ3n) is 2.89. The van der Waals surface area contributed by atoms with Crippen LogP contribution in [0.2, 0.25) is 0 Å².